The third-order valence-corrected chi connectivity index (χ3v) is 3.14. The molecule has 1 rings (SSSR count). The van der Waals surface area contributed by atoms with Gasteiger partial charge in [-0.05, 0) is 7.05 Å². The number of amides is 2. The molecule has 0 aromatic heterocycles. The second-order valence-electron chi connectivity index (χ2n) is 4.60. The molecule has 0 radical (unpaired) electrons. The molecule has 0 aromatic carbocycles. The lowest BCUT2D eigenvalue weighted by atomic mass is 10.1. The van der Waals surface area contributed by atoms with Crippen LogP contribution < -0.4 is 5.32 Å². The van der Waals surface area contributed by atoms with Gasteiger partial charge in [-0.3, -0.25) is 9.59 Å². The van der Waals surface area contributed by atoms with Gasteiger partial charge in [-0.2, -0.15) is 0 Å². The van der Waals surface area contributed by atoms with Crippen LogP contribution >= 0.6 is 12.4 Å². The van der Waals surface area contributed by atoms with Crippen molar-refractivity contribution in [3.05, 3.63) is 0 Å². The highest BCUT2D eigenvalue weighted by Crippen LogP contribution is 2.07. The van der Waals surface area contributed by atoms with Crippen molar-refractivity contribution in [1.29, 1.82) is 0 Å². The quantitative estimate of drug-likeness (QED) is 0.748. The van der Waals surface area contributed by atoms with Gasteiger partial charge < -0.3 is 19.9 Å². The van der Waals surface area contributed by atoms with E-state index in [0.29, 0.717) is 32.7 Å². The molecule has 7 heteroatoms. The van der Waals surface area contributed by atoms with Crippen molar-refractivity contribution in [2.45, 2.75) is 6.92 Å². The van der Waals surface area contributed by atoms with Gasteiger partial charge in [0.15, 0.2) is 0 Å². The number of rotatable bonds is 5. The molecule has 0 aliphatic carbocycles. The number of piperazine rings is 1. The zero-order chi connectivity index (χ0) is 13.5. The summed E-state index contributed by atoms with van der Waals surface area (Å²) in [5, 5.41) is 3.00. The first-order chi connectivity index (χ1) is 8.60. The molecule has 1 N–H and O–H groups in total. The van der Waals surface area contributed by atoms with E-state index in [2.05, 4.69) is 5.32 Å². The maximum Gasteiger partial charge on any atom is 0.248 e. The summed E-state index contributed by atoms with van der Waals surface area (Å²) in [5.74, 6) is 0.132. The van der Waals surface area contributed by atoms with Crippen molar-refractivity contribution >= 4 is 24.2 Å². The maximum atomic E-state index is 12.0. The minimum Gasteiger partial charge on any atom is -0.375 e. The number of carbonyl (C=O) groups is 2. The highest BCUT2D eigenvalue weighted by Gasteiger charge is 2.26. The minimum atomic E-state index is -0.0174. The van der Waals surface area contributed by atoms with E-state index in [1.807, 2.05) is 18.9 Å². The maximum absolute atomic E-state index is 12.0. The van der Waals surface area contributed by atoms with Crippen molar-refractivity contribution < 1.29 is 14.3 Å². The summed E-state index contributed by atoms with van der Waals surface area (Å²) in [6.07, 6.45) is 0. The summed E-state index contributed by atoms with van der Waals surface area (Å²) in [6.45, 7) is 5.14. The van der Waals surface area contributed by atoms with E-state index in [4.69, 9.17) is 4.74 Å². The topological polar surface area (TPSA) is 61.9 Å². The molecule has 1 aliphatic heterocycles. The zero-order valence-corrected chi connectivity index (χ0v) is 12.7. The number of nitrogens with zero attached hydrogens (tertiary/aromatic N) is 2. The Labute approximate surface area is 120 Å². The summed E-state index contributed by atoms with van der Waals surface area (Å²) in [4.78, 5) is 27.2. The molecule has 1 atom stereocenters. The molecule has 1 aliphatic rings. The standard InChI is InChI=1S/C12H23N3O3.ClH/c1-10(8-13-2)12(17)15-6-4-14(5-7-15)11(16)9-18-3;/h10,13H,4-9H2,1-3H3;1H. The zero-order valence-electron chi connectivity index (χ0n) is 11.8. The van der Waals surface area contributed by atoms with Crippen LogP contribution in [-0.2, 0) is 14.3 Å². The van der Waals surface area contributed by atoms with E-state index in [1.165, 1.54) is 7.11 Å². The fourth-order valence-corrected chi connectivity index (χ4v) is 2.10. The summed E-state index contributed by atoms with van der Waals surface area (Å²) in [7, 11) is 3.35. The number of methoxy groups -OCH3 is 1. The van der Waals surface area contributed by atoms with Crippen molar-refractivity contribution in [2.75, 3.05) is 53.5 Å². The third kappa shape index (κ3) is 5.34. The second-order valence-corrected chi connectivity index (χ2v) is 4.60. The Morgan fingerprint density at radius 1 is 1.21 bits per heavy atom. The molecule has 1 fully saturated rings. The highest BCUT2D eigenvalue weighted by molar-refractivity contribution is 5.85. The largest absolute Gasteiger partial charge is 0.375 e. The van der Waals surface area contributed by atoms with Gasteiger partial charge in [0.05, 0.1) is 0 Å². The summed E-state index contributed by atoms with van der Waals surface area (Å²) in [5.41, 5.74) is 0. The molecule has 0 saturated carbocycles. The lowest BCUT2D eigenvalue weighted by Crippen LogP contribution is -2.53. The number of hydrogen-bond acceptors (Lipinski definition) is 4. The van der Waals surface area contributed by atoms with Gasteiger partial charge >= 0.3 is 0 Å². The van der Waals surface area contributed by atoms with Gasteiger partial charge in [0.1, 0.15) is 6.61 Å². The van der Waals surface area contributed by atoms with E-state index in [-0.39, 0.29) is 36.7 Å². The molecular weight excluding hydrogens is 270 g/mol. The summed E-state index contributed by atoms with van der Waals surface area (Å²) >= 11 is 0. The lowest BCUT2D eigenvalue weighted by Gasteiger charge is -2.35. The highest BCUT2D eigenvalue weighted by atomic mass is 35.5. The molecule has 0 aromatic rings. The van der Waals surface area contributed by atoms with Crippen LogP contribution in [0.1, 0.15) is 6.92 Å². The van der Waals surface area contributed by atoms with Crippen LogP contribution in [-0.4, -0.2) is 75.1 Å². The smallest absolute Gasteiger partial charge is 0.248 e. The van der Waals surface area contributed by atoms with Gasteiger partial charge in [0, 0.05) is 45.8 Å². The fraction of sp³-hybridized carbons (Fsp3) is 0.833. The first-order valence-electron chi connectivity index (χ1n) is 6.30. The van der Waals surface area contributed by atoms with E-state index >= 15 is 0 Å². The number of ether oxygens (including phenoxy) is 1. The summed E-state index contributed by atoms with van der Waals surface area (Å²) < 4.78 is 4.82. The van der Waals surface area contributed by atoms with Gasteiger partial charge in [-0.15, -0.1) is 12.4 Å². The number of nitrogens with one attached hydrogen (secondary N) is 1. The van der Waals surface area contributed by atoms with Crippen LogP contribution in [0.25, 0.3) is 0 Å². The van der Waals surface area contributed by atoms with Crippen LogP contribution in [0.3, 0.4) is 0 Å². The van der Waals surface area contributed by atoms with Gasteiger partial charge in [0.25, 0.3) is 0 Å². The number of halogens is 1. The molecule has 1 saturated heterocycles. The van der Waals surface area contributed by atoms with Crippen molar-refractivity contribution in [3.63, 3.8) is 0 Å². The van der Waals surface area contributed by atoms with E-state index in [0.717, 1.165) is 0 Å². The van der Waals surface area contributed by atoms with Gasteiger partial charge in [0.2, 0.25) is 11.8 Å². The Bertz CT molecular complexity index is 294. The van der Waals surface area contributed by atoms with Crippen LogP contribution in [0.4, 0.5) is 0 Å². The average Bonchev–Trinajstić information content (AvgIpc) is 2.38. The van der Waals surface area contributed by atoms with Crippen LogP contribution in [0, 0.1) is 5.92 Å². The average molecular weight is 294 g/mol. The first-order valence-corrected chi connectivity index (χ1v) is 6.30. The predicted octanol–water partition coefficient (Wildman–Crippen LogP) is -0.419. The molecule has 0 bridgehead atoms. The van der Waals surface area contributed by atoms with E-state index < -0.39 is 0 Å². The van der Waals surface area contributed by atoms with Gasteiger partial charge in [-0.1, -0.05) is 6.92 Å². The predicted molar refractivity (Wildman–Crippen MR) is 75.4 cm³/mol. The molecule has 112 valence electrons. The Balaban J connectivity index is 0.00000324. The lowest BCUT2D eigenvalue weighted by molar-refractivity contribution is -0.143. The Morgan fingerprint density at radius 3 is 2.21 bits per heavy atom. The molecule has 1 unspecified atom stereocenters. The van der Waals surface area contributed by atoms with Gasteiger partial charge in [-0.25, -0.2) is 0 Å². The monoisotopic (exact) mass is 293 g/mol. The Kier molecular flexibility index (Phi) is 8.71. The molecule has 19 heavy (non-hydrogen) atoms. The number of hydrogen-bond donors (Lipinski definition) is 1. The molecular formula is C12H24ClN3O3. The van der Waals surface area contributed by atoms with Crippen LogP contribution in [0.2, 0.25) is 0 Å². The number of carbonyl (C=O) groups excluding carboxylic acids is 2. The Morgan fingerprint density at radius 2 is 1.74 bits per heavy atom. The van der Waals surface area contributed by atoms with E-state index in [1.54, 1.807) is 4.90 Å². The van der Waals surface area contributed by atoms with Crippen LogP contribution in [0.15, 0.2) is 0 Å². The minimum absolute atomic E-state index is 0. The molecule has 0 spiro atoms. The molecule has 2 amide bonds. The Hall–Kier alpha value is -0.850. The SMILES string of the molecule is CNCC(C)C(=O)N1CCN(C(=O)COC)CC1.Cl. The second kappa shape index (κ2) is 9.12. The first kappa shape index (κ1) is 18.1. The fourth-order valence-electron chi connectivity index (χ4n) is 2.10. The normalized spacial score (nSPS) is 16.8. The van der Waals surface area contributed by atoms with Crippen LogP contribution in [0.5, 0.6) is 0 Å². The van der Waals surface area contributed by atoms with Crippen molar-refractivity contribution in [1.82, 2.24) is 15.1 Å². The molecule has 6 nitrogen and oxygen atoms in total. The van der Waals surface area contributed by atoms with Crippen molar-refractivity contribution in [3.8, 4) is 0 Å². The third-order valence-electron chi connectivity index (χ3n) is 3.14. The summed E-state index contributed by atoms with van der Waals surface area (Å²) in [6, 6.07) is 0. The van der Waals surface area contributed by atoms with Crippen molar-refractivity contribution in [2.24, 2.45) is 5.92 Å². The van der Waals surface area contributed by atoms with E-state index in [9.17, 15) is 9.59 Å². The molecule has 1 heterocycles.